The molecule has 19 heavy (non-hydrogen) atoms. The van der Waals surface area contributed by atoms with Crippen LogP contribution < -0.4 is 5.48 Å². The number of hydrogen-bond acceptors (Lipinski definition) is 3. The summed E-state index contributed by atoms with van der Waals surface area (Å²) in [5, 5.41) is 0. The Morgan fingerprint density at radius 1 is 1.26 bits per heavy atom. The van der Waals surface area contributed by atoms with E-state index >= 15 is 0 Å². The lowest BCUT2D eigenvalue weighted by Crippen LogP contribution is -2.44. The molecule has 1 aromatic rings. The zero-order valence-corrected chi connectivity index (χ0v) is 12.7. The molecule has 0 bridgehead atoms. The molecule has 0 atom stereocenters. The number of hydrogen-bond donors (Lipinski definition) is 1. The van der Waals surface area contributed by atoms with Crippen LogP contribution in [-0.2, 0) is 11.4 Å². The van der Waals surface area contributed by atoms with Gasteiger partial charge in [-0.25, -0.2) is 0 Å². The monoisotopic (exact) mass is 322 g/mol. The first-order valence-electron chi connectivity index (χ1n) is 6.76. The second-order valence-electron chi connectivity index (χ2n) is 5.52. The average Bonchev–Trinajstić information content (AvgIpc) is 2.77. The van der Waals surface area contributed by atoms with Crippen molar-refractivity contribution in [2.24, 2.45) is 0 Å². The Kier molecular flexibility index (Phi) is 3.65. The molecule has 2 aliphatic rings. The summed E-state index contributed by atoms with van der Waals surface area (Å²) in [5.41, 5.74) is 5.53. The van der Waals surface area contributed by atoms with Gasteiger partial charge < -0.3 is 0 Å². The highest BCUT2D eigenvalue weighted by Gasteiger charge is 2.37. The predicted molar refractivity (Wildman–Crippen MR) is 79.7 cm³/mol. The maximum Gasteiger partial charge on any atom is 0.119 e. The van der Waals surface area contributed by atoms with Crippen LogP contribution in [0.2, 0.25) is 0 Å². The quantitative estimate of drug-likeness (QED) is 0.847. The molecule has 4 heteroatoms. The summed E-state index contributed by atoms with van der Waals surface area (Å²) in [6.45, 7) is 5.32. The van der Waals surface area contributed by atoms with Crippen molar-refractivity contribution in [3.63, 3.8) is 0 Å². The van der Waals surface area contributed by atoms with Gasteiger partial charge in [0.15, 0.2) is 0 Å². The van der Waals surface area contributed by atoms with E-state index in [1.165, 1.54) is 11.1 Å². The predicted octanol–water partition coefficient (Wildman–Crippen LogP) is 3.10. The van der Waals surface area contributed by atoms with Crippen molar-refractivity contribution in [2.75, 3.05) is 13.1 Å². The fourth-order valence-corrected chi connectivity index (χ4v) is 3.23. The van der Waals surface area contributed by atoms with Crippen LogP contribution in [0.5, 0.6) is 0 Å². The third-order valence-corrected chi connectivity index (χ3v) is 4.36. The van der Waals surface area contributed by atoms with E-state index in [0.717, 1.165) is 37.1 Å². The number of nitrogens with zero attached hydrogens (tertiary/aromatic N) is 1. The molecule has 1 aromatic carbocycles. The van der Waals surface area contributed by atoms with Gasteiger partial charge in [0, 0.05) is 19.6 Å². The van der Waals surface area contributed by atoms with E-state index in [2.05, 4.69) is 63.6 Å². The summed E-state index contributed by atoms with van der Waals surface area (Å²) in [6, 6.07) is 8.82. The molecule has 1 spiro atoms. The van der Waals surface area contributed by atoms with Crippen LogP contribution >= 0.6 is 15.9 Å². The van der Waals surface area contributed by atoms with Crippen LogP contribution in [0.15, 0.2) is 34.9 Å². The molecule has 3 nitrogen and oxygen atoms in total. The van der Waals surface area contributed by atoms with E-state index in [4.69, 9.17) is 4.84 Å². The maximum absolute atomic E-state index is 5.69. The smallest absolute Gasteiger partial charge is 0.119 e. The fraction of sp³-hybridized carbons (Fsp3) is 0.467. The molecule has 2 aliphatic heterocycles. The van der Waals surface area contributed by atoms with Gasteiger partial charge in [0.25, 0.3) is 0 Å². The molecule has 0 radical (unpaired) electrons. The Morgan fingerprint density at radius 2 is 1.95 bits per heavy atom. The molecule has 0 amide bonds. The standard InChI is InChI=1S/C15H19BrN2O/c1-12-2-4-13(5-3-12)11-18-8-6-15(7-9-18)10-14(16)17-19-15/h2-5,10,17H,6-9,11H2,1H3. The van der Waals surface area contributed by atoms with Gasteiger partial charge in [0.05, 0.1) is 0 Å². The zero-order valence-electron chi connectivity index (χ0n) is 11.2. The maximum atomic E-state index is 5.69. The lowest BCUT2D eigenvalue weighted by molar-refractivity contribution is -0.0729. The van der Waals surface area contributed by atoms with Crippen molar-refractivity contribution in [3.05, 3.63) is 46.1 Å². The topological polar surface area (TPSA) is 24.5 Å². The van der Waals surface area contributed by atoms with Crippen molar-refractivity contribution in [1.29, 1.82) is 0 Å². The number of hydroxylamine groups is 1. The Morgan fingerprint density at radius 3 is 2.53 bits per heavy atom. The summed E-state index contributed by atoms with van der Waals surface area (Å²) in [6.07, 6.45) is 4.25. The van der Waals surface area contributed by atoms with Crippen molar-refractivity contribution >= 4 is 15.9 Å². The number of piperidine rings is 1. The number of benzene rings is 1. The number of rotatable bonds is 2. The molecule has 1 saturated heterocycles. The second-order valence-corrected chi connectivity index (χ2v) is 6.38. The highest BCUT2D eigenvalue weighted by atomic mass is 79.9. The number of halogens is 1. The van der Waals surface area contributed by atoms with Gasteiger partial charge in [0.2, 0.25) is 0 Å². The first-order valence-corrected chi connectivity index (χ1v) is 7.55. The van der Waals surface area contributed by atoms with Crippen molar-refractivity contribution in [3.8, 4) is 0 Å². The molecular formula is C15H19BrN2O. The normalized spacial score (nSPS) is 22.3. The molecule has 0 unspecified atom stereocenters. The molecule has 0 saturated carbocycles. The van der Waals surface area contributed by atoms with Gasteiger partial charge in [0.1, 0.15) is 10.2 Å². The Balaban J connectivity index is 1.57. The molecule has 3 rings (SSSR count). The highest BCUT2D eigenvalue weighted by Crippen LogP contribution is 2.33. The summed E-state index contributed by atoms with van der Waals surface area (Å²) in [4.78, 5) is 8.19. The van der Waals surface area contributed by atoms with Crippen LogP contribution in [0, 0.1) is 6.92 Å². The van der Waals surface area contributed by atoms with Crippen LogP contribution in [0.4, 0.5) is 0 Å². The summed E-state index contributed by atoms with van der Waals surface area (Å²) < 4.78 is 0.958. The van der Waals surface area contributed by atoms with Crippen LogP contribution in [0.1, 0.15) is 24.0 Å². The Bertz CT molecular complexity index is 475. The van der Waals surface area contributed by atoms with Gasteiger partial charge in [-0.2, -0.15) is 0 Å². The summed E-state index contributed by atoms with van der Waals surface area (Å²) in [5.74, 6) is 0. The van der Waals surface area contributed by atoms with E-state index in [-0.39, 0.29) is 5.60 Å². The molecular weight excluding hydrogens is 304 g/mol. The van der Waals surface area contributed by atoms with E-state index < -0.39 is 0 Å². The molecule has 0 aliphatic carbocycles. The van der Waals surface area contributed by atoms with Crippen molar-refractivity contribution in [2.45, 2.75) is 31.9 Å². The SMILES string of the molecule is Cc1ccc(CN2CCC3(C=C(Br)NO3)CC2)cc1. The second kappa shape index (κ2) is 5.27. The average molecular weight is 323 g/mol. The van der Waals surface area contributed by atoms with Crippen LogP contribution in [-0.4, -0.2) is 23.6 Å². The van der Waals surface area contributed by atoms with Gasteiger partial charge >= 0.3 is 0 Å². The highest BCUT2D eigenvalue weighted by molar-refractivity contribution is 9.11. The number of likely N-dealkylation sites (tertiary alicyclic amines) is 1. The van der Waals surface area contributed by atoms with E-state index in [9.17, 15) is 0 Å². The number of aryl methyl sites for hydroxylation is 1. The molecule has 0 aromatic heterocycles. The fourth-order valence-electron chi connectivity index (χ4n) is 2.73. The van der Waals surface area contributed by atoms with Crippen molar-refractivity contribution in [1.82, 2.24) is 10.4 Å². The molecule has 1 fully saturated rings. The Labute approximate surface area is 122 Å². The van der Waals surface area contributed by atoms with Gasteiger partial charge in [-0.3, -0.25) is 15.2 Å². The largest absolute Gasteiger partial charge is 0.299 e. The van der Waals surface area contributed by atoms with Gasteiger partial charge in [-0.15, -0.1) is 0 Å². The third kappa shape index (κ3) is 3.02. The Hall–Kier alpha value is -0.840. The van der Waals surface area contributed by atoms with Crippen LogP contribution in [0.3, 0.4) is 0 Å². The third-order valence-electron chi connectivity index (χ3n) is 3.97. The minimum atomic E-state index is -0.0946. The first-order chi connectivity index (χ1) is 9.15. The minimum absolute atomic E-state index is 0.0946. The summed E-state index contributed by atoms with van der Waals surface area (Å²) in [7, 11) is 0. The number of nitrogens with one attached hydrogen (secondary N) is 1. The van der Waals surface area contributed by atoms with E-state index in [1.54, 1.807) is 0 Å². The minimum Gasteiger partial charge on any atom is -0.299 e. The van der Waals surface area contributed by atoms with Gasteiger partial charge in [-0.1, -0.05) is 29.8 Å². The van der Waals surface area contributed by atoms with Gasteiger partial charge in [-0.05, 0) is 47.3 Å². The van der Waals surface area contributed by atoms with E-state index in [1.807, 2.05) is 0 Å². The first kappa shape index (κ1) is 13.2. The van der Waals surface area contributed by atoms with Crippen molar-refractivity contribution < 1.29 is 4.84 Å². The lowest BCUT2D eigenvalue weighted by Gasteiger charge is -2.36. The van der Waals surface area contributed by atoms with Crippen LogP contribution in [0.25, 0.3) is 0 Å². The molecule has 102 valence electrons. The molecule has 1 N–H and O–H groups in total. The summed E-state index contributed by atoms with van der Waals surface area (Å²) >= 11 is 3.44. The van der Waals surface area contributed by atoms with E-state index in [0.29, 0.717) is 0 Å². The zero-order chi connectivity index (χ0) is 13.3. The lowest BCUT2D eigenvalue weighted by atomic mass is 9.91. The molecule has 2 heterocycles.